The van der Waals surface area contributed by atoms with Crippen molar-refractivity contribution in [2.24, 2.45) is 0 Å². The fraction of sp³-hybridized carbons (Fsp3) is 0.596. The van der Waals surface area contributed by atoms with E-state index in [2.05, 4.69) is 13.2 Å². The number of barbiturate groups is 1. The Bertz CT molecular complexity index is 1720. The smallest absolute Gasteiger partial charge is 0.333 e. The van der Waals surface area contributed by atoms with E-state index in [1.54, 1.807) is 13.8 Å². The number of thioether (sulfide) groups is 2. The Morgan fingerprint density at radius 1 is 0.500 bits per heavy atom. The summed E-state index contributed by atoms with van der Waals surface area (Å²) in [5.74, 6) is -1.57. The normalized spacial score (nSPS) is 13.5. The van der Waals surface area contributed by atoms with Crippen molar-refractivity contribution in [3.8, 4) is 11.5 Å². The number of likely N-dealkylation sites (N-methyl/N-ethyl adjacent to an activating group) is 2. The van der Waals surface area contributed by atoms with Gasteiger partial charge in [0.15, 0.2) is 0 Å². The summed E-state index contributed by atoms with van der Waals surface area (Å²) in [5, 5.41) is 0. The van der Waals surface area contributed by atoms with Gasteiger partial charge in [-0.05, 0) is 51.7 Å². The second-order valence-corrected chi connectivity index (χ2v) is 18.0. The number of hydrogen-bond acceptors (Lipinski definition) is 15. The average molecular weight is 931 g/mol. The first-order valence-electron chi connectivity index (χ1n) is 22.3. The zero-order valence-electron chi connectivity index (χ0n) is 38.1. The molecule has 3 rings (SSSR count). The largest absolute Gasteiger partial charge is 0.492 e. The second-order valence-electron chi connectivity index (χ2n) is 15.7. The van der Waals surface area contributed by atoms with Gasteiger partial charge < -0.3 is 28.4 Å². The van der Waals surface area contributed by atoms with Crippen LogP contribution in [0, 0.1) is 0 Å². The van der Waals surface area contributed by atoms with Crippen LogP contribution in [0.15, 0.2) is 56.0 Å². The molecule has 1 fully saturated rings. The fourth-order valence-electron chi connectivity index (χ4n) is 6.45. The molecule has 4 amide bonds. The molecule has 17 heteroatoms. The van der Waals surface area contributed by atoms with Gasteiger partial charge in [0.05, 0.1) is 27.2 Å². The highest BCUT2D eigenvalue weighted by atomic mass is 32.2. The van der Waals surface area contributed by atoms with Crippen molar-refractivity contribution in [3.05, 3.63) is 46.2 Å². The molecule has 2 aliphatic rings. The standard InChI is InChI=1S/C47H66N2O13S2/c1-33(2)44(54)61-31-29-59-37(50)23-19-15-11-7-9-13-17-21-27-57-35-25-26-36(41-40(35)63-46(64-41)39-42(52)48(5)47(56)49(6)43(39)53)58-28-22-18-14-10-8-12-16-20-24-38(51)60-30-32-62-45(55)34(3)4/h25-26H,1,3,7-24,27-32H2,2,4-6H3. The summed E-state index contributed by atoms with van der Waals surface area (Å²) < 4.78 is 33.1. The first-order chi connectivity index (χ1) is 30.7. The maximum atomic E-state index is 13.2. The summed E-state index contributed by atoms with van der Waals surface area (Å²) >= 11 is 2.58. The molecule has 1 saturated heterocycles. The lowest BCUT2D eigenvalue weighted by Crippen LogP contribution is -2.53. The number of carbonyl (C=O) groups is 7. The van der Waals surface area contributed by atoms with Gasteiger partial charge in [-0.25, -0.2) is 14.4 Å². The number of rotatable bonds is 32. The Labute approximate surface area is 386 Å². The van der Waals surface area contributed by atoms with E-state index in [4.69, 9.17) is 28.4 Å². The van der Waals surface area contributed by atoms with Crippen LogP contribution in [0.1, 0.15) is 129 Å². The van der Waals surface area contributed by atoms with E-state index in [1.807, 2.05) is 12.1 Å². The van der Waals surface area contributed by atoms with Crippen LogP contribution in [0.5, 0.6) is 11.5 Å². The van der Waals surface area contributed by atoms with Crippen molar-refractivity contribution in [1.82, 2.24) is 9.80 Å². The summed E-state index contributed by atoms with van der Waals surface area (Å²) in [6, 6.07) is 3.07. The quantitative estimate of drug-likeness (QED) is 0.0219. The van der Waals surface area contributed by atoms with Gasteiger partial charge in [0, 0.05) is 38.1 Å². The van der Waals surface area contributed by atoms with E-state index in [9.17, 15) is 33.6 Å². The Hall–Kier alpha value is -4.77. The van der Waals surface area contributed by atoms with Crippen molar-refractivity contribution in [1.29, 1.82) is 0 Å². The number of hydrogen-bond donors (Lipinski definition) is 0. The van der Waals surface area contributed by atoms with Crippen LogP contribution in [0.3, 0.4) is 0 Å². The molecule has 0 bridgehead atoms. The number of imide groups is 2. The summed E-state index contributed by atoms with van der Waals surface area (Å²) in [4.78, 5) is 88.8. The van der Waals surface area contributed by atoms with Crippen molar-refractivity contribution in [3.63, 3.8) is 0 Å². The Kier molecular flexibility index (Phi) is 24.8. The average Bonchev–Trinajstić information content (AvgIpc) is 3.71. The van der Waals surface area contributed by atoms with E-state index >= 15 is 0 Å². The third-order valence-electron chi connectivity index (χ3n) is 10.2. The molecule has 1 aromatic carbocycles. The molecule has 354 valence electrons. The minimum atomic E-state index is -0.677. The number of esters is 4. The highest BCUT2D eigenvalue weighted by Gasteiger charge is 2.42. The molecule has 0 saturated carbocycles. The third-order valence-corrected chi connectivity index (χ3v) is 12.8. The molecule has 15 nitrogen and oxygen atoms in total. The van der Waals surface area contributed by atoms with Gasteiger partial charge in [0.2, 0.25) is 0 Å². The summed E-state index contributed by atoms with van der Waals surface area (Å²) in [6.45, 7) is 11.2. The van der Waals surface area contributed by atoms with E-state index in [0.717, 1.165) is 122 Å². The van der Waals surface area contributed by atoms with E-state index < -0.39 is 29.8 Å². The summed E-state index contributed by atoms with van der Waals surface area (Å²) in [6.07, 6.45) is 16.2. The number of benzene rings is 1. The molecule has 0 aliphatic carbocycles. The lowest BCUT2D eigenvalue weighted by Gasteiger charge is -2.29. The molecule has 0 radical (unpaired) electrons. The van der Waals surface area contributed by atoms with Crippen LogP contribution >= 0.6 is 23.5 Å². The van der Waals surface area contributed by atoms with Crippen LogP contribution in [-0.4, -0.2) is 105 Å². The molecule has 0 unspecified atom stereocenters. The Morgan fingerprint density at radius 2 is 0.828 bits per heavy atom. The Balaban J connectivity index is 1.37. The number of unbranched alkanes of at least 4 members (excludes halogenated alkanes) is 14. The third kappa shape index (κ3) is 18.8. The number of amides is 4. The molecule has 2 heterocycles. The van der Waals surface area contributed by atoms with Crippen LogP contribution in [0.2, 0.25) is 0 Å². The number of urea groups is 1. The maximum Gasteiger partial charge on any atom is 0.333 e. The lowest BCUT2D eigenvalue weighted by molar-refractivity contribution is -0.150. The zero-order chi connectivity index (χ0) is 46.9. The zero-order valence-corrected chi connectivity index (χ0v) is 39.7. The molecule has 0 spiro atoms. The van der Waals surface area contributed by atoms with Gasteiger partial charge in [-0.1, -0.05) is 114 Å². The van der Waals surface area contributed by atoms with E-state index in [-0.39, 0.29) is 43.9 Å². The molecule has 0 N–H and O–H groups in total. The maximum absolute atomic E-state index is 13.2. The SMILES string of the molecule is C=C(C)C(=O)OCCOC(=O)CCCCCCCCCCOc1ccc(OCCCCCCCCCCC(=O)OCCOC(=O)C(=C)C)c2c1SC(=C1C(=O)N(C)C(=O)N(C)C1=O)S2. The molecule has 64 heavy (non-hydrogen) atoms. The number of fused-ring (bicyclic) bond motifs is 1. The van der Waals surface area contributed by atoms with Gasteiger partial charge in [0.1, 0.15) is 43.5 Å². The molecular weight excluding hydrogens is 865 g/mol. The fourth-order valence-corrected chi connectivity index (χ4v) is 9.14. The Morgan fingerprint density at radius 3 is 1.19 bits per heavy atom. The van der Waals surface area contributed by atoms with Crippen LogP contribution < -0.4 is 9.47 Å². The molecular formula is C47H66N2O13S2. The molecule has 2 aliphatic heterocycles. The van der Waals surface area contributed by atoms with Crippen molar-refractivity contribution in [2.75, 3.05) is 53.7 Å². The van der Waals surface area contributed by atoms with Crippen molar-refractivity contribution in [2.45, 2.75) is 139 Å². The molecule has 0 atom stereocenters. The van der Waals surface area contributed by atoms with Crippen molar-refractivity contribution < 1.29 is 62.0 Å². The number of carbonyl (C=O) groups excluding carboxylic acids is 7. The van der Waals surface area contributed by atoms with Gasteiger partial charge in [0.25, 0.3) is 11.8 Å². The predicted molar refractivity (Wildman–Crippen MR) is 244 cm³/mol. The topological polar surface area (TPSA) is 181 Å². The predicted octanol–water partition coefficient (Wildman–Crippen LogP) is 9.25. The van der Waals surface area contributed by atoms with Crippen LogP contribution in [0.25, 0.3) is 0 Å². The first-order valence-corrected chi connectivity index (χ1v) is 23.9. The van der Waals surface area contributed by atoms with Crippen LogP contribution in [0.4, 0.5) is 4.79 Å². The second kappa shape index (κ2) is 29.6. The number of nitrogens with zero attached hydrogens (tertiary/aromatic N) is 2. The minimum Gasteiger partial charge on any atom is -0.492 e. The number of ether oxygens (including phenoxy) is 6. The summed E-state index contributed by atoms with van der Waals surface area (Å²) in [7, 11) is 2.73. The van der Waals surface area contributed by atoms with Gasteiger partial charge in [-0.2, -0.15) is 0 Å². The van der Waals surface area contributed by atoms with E-state index in [1.165, 1.54) is 37.6 Å². The van der Waals surface area contributed by atoms with E-state index in [0.29, 0.717) is 52.9 Å². The van der Waals surface area contributed by atoms with Gasteiger partial charge >= 0.3 is 29.9 Å². The minimum absolute atomic E-state index is 0.0204. The molecule has 1 aromatic rings. The highest BCUT2D eigenvalue weighted by molar-refractivity contribution is 8.25. The molecule has 0 aromatic heterocycles. The van der Waals surface area contributed by atoms with Gasteiger partial charge in [-0.3, -0.25) is 29.0 Å². The van der Waals surface area contributed by atoms with Crippen LogP contribution in [-0.2, 0) is 47.7 Å². The van der Waals surface area contributed by atoms with Crippen molar-refractivity contribution >= 4 is 65.2 Å². The first kappa shape index (κ1) is 53.6. The highest BCUT2D eigenvalue weighted by Crippen LogP contribution is 2.59. The van der Waals surface area contributed by atoms with Gasteiger partial charge in [-0.15, -0.1) is 0 Å². The summed E-state index contributed by atoms with van der Waals surface area (Å²) in [5.41, 5.74) is 0.554. The monoisotopic (exact) mass is 930 g/mol. The lowest BCUT2D eigenvalue weighted by atomic mass is 10.1.